The second kappa shape index (κ2) is 10.5. The Morgan fingerprint density at radius 1 is 1.35 bits per heavy atom. The maximum Gasteiger partial charge on any atom is 0.191 e. The van der Waals surface area contributed by atoms with Crippen LogP contribution in [0.4, 0.5) is 4.39 Å². The largest absolute Gasteiger partial charge is 0.357 e. The minimum Gasteiger partial charge on any atom is -0.357 e. The maximum atomic E-state index is 13.0. The summed E-state index contributed by atoms with van der Waals surface area (Å²) in [5, 5.41) is 6.51. The van der Waals surface area contributed by atoms with Crippen LogP contribution in [0, 0.1) is 5.82 Å². The lowest BCUT2D eigenvalue weighted by Gasteiger charge is -2.10. The molecule has 3 nitrogen and oxygen atoms in total. The van der Waals surface area contributed by atoms with Crippen LogP contribution >= 0.6 is 11.8 Å². The maximum absolute atomic E-state index is 13.0. The van der Waals surface area contributed by atoms with Gasteiger partial charge in [-0.1, -0.05) is 12.1 Å². The highest BCUT2D eigenvalue weighted by Gasteiger charge is 1.97. The van der Waals surface area contributed by atoms with Crippen LogP contribution in [0.25, 0.3) is 0 Å². The summed E-state index contributed by atoms with van der Waals surface area (Å²) < 4.78 is 13.0. The van der Waals surface area contributed by atoms with Crippen LogP contribution in [0.15, 0.2) is 29.3 Å². The number of rotatable bonds is 8. The summed E-state index contributed by atoms with van der Waals surface area (Å²) in [6.45, 7) is 4.57. The summed E-state index contributed by atoms with van der Waals surface area (Å²) in [6.07, 6.45) is 3.86. The molecule has 0 spiro atoms. The van der Waals surface area contributed by atoms with E-state index < -0.39 is 0 Å². The van der Waals surface area contributed by atoms with Crippen molar-refractivity contribution in [3.05, 3.63) is 35.6 Å². The Morgan fingerprint density at radius 3 is 2.90 bits per heavy atom. The Kier molecular flexibility index (Phi) is 8.87. The zero-order valence-electron chi connectivity index (χ0n) is 12.3. The lowest BCUT2D eigenvalue weighted by molar-refractivity contribution is 0.624. The summed E-state index contributed by atoms with van der Waals surface area (Å²) >= 11 is 1.81. The minimum atomic E-state index is -0.168. The van der Waals surface area contributed by atoms with Crippen LogP contribution in [-0.4, -0.2) is 37.6 Å². The van der Waals surface area contributed by atoms with Crippen LogP contribution in [-0.2, 0) is 6.42 Å². The fourth-order valence-electron chi connectivity index (χ4n) is 1.78. The molecule has 0 aliphatic rings. The number of hydrogen-bond acceptors (Lipinski definition) is 2. The van der Waals surface area contributed by atoms with Gasteiger partial charge in [0.2, 0.25) is 0 Å². The highest BCUT2D eigenvalue weighted by Crippen LogP contribution is 2.06. The van der Waals surface area contributed by atoms with E-state index in [0.29, 0.717) is 0 Å². The molecule has 0 atom stereocenters. The number of guanidine groups is 1. The summed E-state index contributed by atoms with van der Waals surface area (Å²) in [6, 6.07) is 6.77. The van der Waals surface area contributed by atoms with E-state index in [9.17, 15) is 4.39 Å². The van der Waals surface area contributed by atoms with Crippen LogP contribution in [0.1, 0.15) is 18.9 Å². The first kappa shape index (κ1) is 16.8. The molecule has 0 heterocycles. The van der Waals surface area contributed by atoms with E-state index in [-0.39, 0.29) is 5.82 Å². The zero-order chi connectivity index (χ0) is 14.6. The number of nitrogens with zero attached hydrogens (tertiary/aromatic N) is 1. The molecule has 0 saturated heterocycles. The van der Waals surface area contributed by atoms with Crippen molar-refractivity contribution < 1.29 is 4.39 Å². The molecule has 2 N–H and O–H groups in total. The average Bonchev–Trinajstić information content (AvgIpc) is 2.44. The van der Waals surface area contributed by atoms with Gasteiger partial charge < -0.3 is 10.6 Å². The van der Waals surface area contributed by atoms with Crippen LogP contribution in [0.5, 0.6) is 0 Å². The fourth-order valence-corrected chi connectivity index (χ4v) is 2.09. The standard InChI is InChI=1S/C15H24FN3S/c1-3-17-15(19-10-11-20-2)18-9-5-7-13-6-4-8-14(16)12-13/h4,6,8,12H,3,5,7,9-11H2,1-2H3,(H2,17,18,19). The third-order valence-electron chi connectivity index (χ3n) is 2.73. The predicted octanol–water partition coefficient (Wildman–Crippen LogP) is 2.68. The Bertz CT molecular complexity index is 410. The smallest absolute Gasteiger partial charge is 0.191 e. The van der Waals surface area contributed by atoms with E-state index >= 15 is 0 Å². The number of hydrogen-bond donors (Lipinski definition) is 2. The van der Waals surface area contributed by atoms with E-state index in [4.69, 9.17) is 0 Å². The van der Waals surface area contributed by atoms with Crippen molar-refractivity contribution >= 4 is 17.7 Å². The van der Waals surface area contributed by atoms with Crippen LogP contribution < -0.4 is 10.6 Å². The lowest BCUT2D eigenvalue weighted by Crippen LogP contribution is -2.38. The van der Waals surface area contributed by atoms with Crippen molar-refractivity contribution in [2.45, 2.75) is 19.8 Å². The van der Waals surface area contributed by atoms with Crippen molar-refractivity contribution in [2.75, 3.05) is 31.6 Å². The van der Waals surface area contributed by atoms with Gasteiger partial charge in [-0.25, -0.2) is 4.39 Å². The fraction of sp³-hybridized carbons (Fsp3) is 0.533. The number of thioether (sulfide) groups is 1. The second-order valence-corrected chi connectivity index (χ2v) is 5.40. The molecule has 0 radical (unpaired) electrons. The Balaban J connectivity index is 2.32. The molecule has 0 saturated carbocycles. The molecule has 5 heteroatoms. The summed E-state index contributed by atoms with van der Waals surface area (Å²) in [7, 11) is 0. The van der Waals surface area contributed by atoms with E-state index in [0.717, 1.165) is 49.8 Å². The van der Waals surface area contributed by atoms with Crippen LogP contribution in [0.2, 0.25) is 0 Å². The first-order chi connectivity index (χ1) is 9.76. The van der Waals surface area contributed by atoms with E-state index in [1.165, 1.54) is 6.07 Å². The van der Waals surface area contributed by atoms with Crippen LogP contribution in [0.3, 0.4) is 0 Å². The van der Waals surface area contributed by atoms with Crippen molar-refractivity contribution in [3.8, 4) is 0 Å². The highest BCUT2D eigenvalue weighted by atomic mass is 32.2. The molecule has 0 fully saturated rings. The SMILES string of the molecule is CCNC(=NCCCc1cccc(F)c1)NCCSC. The zero-order valence-corrected chi connectivity index (χ0v) is 13.1. The molecular formula is C15H24FN3S. The van der Waals surface area contributed by atoms with Gasteiger partial charge >= 0.3 is 0 Å². The molecule has 0 unspecified atom stereocenters. The molecule has 0 aromatic heterocycles. The first-order valence-corrected chi connectivity index (χ1v) is 8.41. The molecule has 112 valence electrons. The van der Waals surface area contributed by atoms with Crippen molar-refractivity contribution in [2.24, 2.45) is 4.99 Å². The lowest BCUT2D eigenvalue weighted by atomic mass is 10.1. The molecule has 20 heavy (non-hydrogen) atoms. The third-order valence-corrected chi connectivity index (χ3v) is 3.34. The molecule has 0 aliphatic heterocycles. The average molecular weight is 297 g/mol. The molecule has 0 bridgehead atoms. The Hall–Kier alpha value is -1.23. The van der Waals surface area contributed by atoms with Crippen molar-refractivity contribution in [1.82, 2.24) is 10.6 Å². The van der Waals surface area contributed by atoms with Gasteiger partial charge in [-0.05, 0) is 43.7 Å². The predicted molar refractivity (Wildman–Crippen MR) is 87.1 cm³/mol. The number of aryl methyl sites for hydroxylation is 1. The summed E-state index contributed by atoms with van der Waals surface area (Å²) in [5.41, 5.74) is 1.03. The van der Waals surface area contributed by atoms with Gasteiger partial charge in [0, 0.05) is 25.4 Å². The molecule has 1 rings (SSSR count). The molecule has 1 aromatic carbocycles. The highest BCUT2D eigenvalue weighted by molar-refractivity contribution is 7.98. The van der Waals surface area contributed by atoms with E-state index in [2.05, 4.69) is 28.8 Å². The normalized spacial score (nSPS) is 11.4. The number of aliphatic imine (C=N–C) groups is 1. The number of benzene rings is 1. The van der Waals surface area contributed by atoms with Gasteiger partial charge in [-0.3, -0.25) is 4.99 Å². The monoisotopic (exact) mass is 297 g/mol. The van der Waals surface area contributed by atoms with Gasteiger partial charge in [0.15, 0.2) is 5.96 Å². The van der Waals surface area contributed by atoms with Crippen molar-refractivity contribution in [1.29, 1.82) is 0 Å². The van der Waals surface area contributed by atoms with Gasteiger partial charge in [-0.15, -0.1) is 0 Å². The summed E-state index contributed by atoms with van der Waals surface area (Å²) in [5.74, 6) is 1.76. The molecule has 1 aromatic rings. The van der Waals surface area contributed by atoms with Gasteiger partial charge in [0.1, 0.15) is 5.82 Å². The Morgan fingerprint density at radius 2 is 2.20 bits per heavy atom. The van der Waals surface area contributed by atoms with E-state index in [1.54, 1.807) is 12.1 Å². The van der Waals surface area contributed by atoms with Gasteiger partial charge in [0.25, 0.3) is 0 Å². The third kappa shape index (κ3) is 7.38. The minimum absolute atomic E-state index is 0.168. The second-order valence-electron chi connectivity index (χ2n) is 4.41. The first-order valence-electron chi connectivity index (χ1n) is 7.01. The molecule has 0 amide bonds. The van der Waals surface area contributed by atoms with Gasteiger partial charge in [-0.2, -0.15) is 11.8 Å². The molecule has 0 aliphatic carbocycles. The van der Waals surface area contributed by atoms with E-state index in [1.807, 2.05) is 17.8 Å². The summed E-state index contributed by atoms with van der Waals surface area (Å²) in [4.78, 5) is 4.51. The quantitative estimate of drug-likeness (QED) is 0.440. The Labute approximate surface area is 125 Å². The number of nitrogens with one attached hydrogen (secondary N) is 2. The molecular weight excluding hydrogens is 273 g/mol. The van der Waals surface area contributed by atoms with Gasteiger partial charge in [0.05, 0.1) is 0 Å². The van der Waals surface area contributed by atoms with Crippen molar-refractivity contribution in [3.63, 3.8) is 0 Å². The topological polar surface area (TPSA) is 36.4 Å². The number of halogens is 1.